The van der Waals surface area contributed by atoms with Gasteiger partial charge in [-0.1, -0.05) is 25.1 Å². The summed E-state index contributed by atoms with van der Waals surface area (Å²) in [5.41, 5.74) is 2.65. The lowest BCUT2D eigenvalue weighted by Crippen LogP contribution is -2.20. The number of anilines is 1. The highest BCUT2D eigenvalue weighted by Gasteiger charge is 2.03. The van der Waals surface area contributed by atoms with Crippen LogP contribution in [0.1, 0.15) is 18.9 Å². The van der Waals surface area contributed by atoms with Crippen LogP contribution in [-0.4, -0.2) is 25.3 Å². The highest BCUT2D eigenvalue weighted by Crippen LogP contribution is 2.19. The van der Waals surface area contributed by atoms with Gasteiger partial charge in [-0.25, -0.2) is 0 Å². The SMILES string of the molecule is CCc1ccccc1N(C)CCCO. The van der Waals surface area contributed by atoms with Crippen molar-refractivity contribution in [3.8, 4) is 0 Å². The largest absolute Gasteiger partial charge is 0.396 e. The van der Waals surface area contributed by atoms with Crippen LogP contribution in [-0.2, 0) is 6.42 Å². The van der Waals surface area contributed by atoms with Crippen LogP contribution >= 0.6 is 0 Å². The van der Waals surface area contributed by atoms with Crippen molar-refractivity contribution in [3.05, 3.63) is 29.8 Å². The lowest BCUT2D eigenvalue weighted by molar-refractivity contribution is 0.290. The number of aliphatic hydroxyl groups excluding tert-OH is 1. The molecule has 1 N–H and O–H groups in total. The fourth-order valence-corrected chi connectivity index (χ4v) is 1.61. The highest BCUT2D eigenvalue weighted by molar-refractivity contribution is 5.52. The van der Waals surface area contributed by atoms with Crippen molar-refractivity contribution in [2.45, 2.75) is 19.8 Å². The first kappa shape index (κ1) is 11.1. The number of hydrogen-bond donors (Lipinski definition) is 1. The van der Waals surface area contributed by atoms with Crippen LogP contribution in [0.5, 0.6) is 0 Å². The molecule has 0 unspecified atom stereocenters. The maximum Gasteiger partial charge on any atom is 0.0447 e. The Bertz CT molecular complexity index is 273. The van der Waals surface area contributed by atoms with Crippen molar-refractivity contribution >= 4 is 5.69 Å². The van der Waals surface area contributed by atoms with Crippen LogP contribution in [0.3, 0.4) is 0 Å². The van der Waals surface area contributed by atoms with E-state index < -0.39 is 0 Å². The Morgan fingerprint density at radius 2 is 2.00 bits per heavy atom. The summed E-state index contributed by atoms with van der Waals surface area (Å²) in [6, 6.07) is 8.42. The first-order chi connectivity index (χ1) is 6.79. The maximum atomic E-state index is 8.76. The minimum absolute atomic E-state index is 0.263. The van der Waals surface area contributed by atoms with Gasteiger partial charge < -0.3 is 10.0 Å². The fourth-order valence-electron chi connectivity index (χ4n) is 1.61. The van der Waals surface area contributed by atoms with E-state index in [1.165, 1.54) is 11.3 Å². The quantitative estimate of drug-likeness (QED) is 0.773. The Labute approximate surface area is 86.2 Å². The lowest BCUT2D eigenvalue weighted by Gasteiger charge is -2.21. The number of hydrogen-bond acceptors (Lipinski definition) is 2. The van der Waals surface area contributed by atoms with Gasteiger partial charge in [0.1, 0.15) is 0 Å². The molecule has 2 heteroatoms. The van der Waals surface area contributed by atoms with Crippen molar-refractivity contribution in [1.29, 1.82) is 0 Å². The van der Waals surface area contributed by atoms with Crippen molar-refractivity contribution < 1.29 is 5.11 Å². The first-order valence-corrected chi connectivity index (χ1v) is 5.19. The summed E-state index contributed by atoms with van der Waals surface area (Å²) in [6.45, 7) is 3.34. The van der Waals surface area contributed by atoms with E-state index in [2.05, 4.69) is 43.1 Å². The van der Waals surface area contributed by atoms with E-state index in [1.54, 1.807) is 0 Å². The summed E-state index contributed by atoms with van der Waals surface area (Å²) in [5, 5.41) is 8.76. The molecule has 0 spiro atoms. The zero-order valence-electron chi connectivity index (χ0n) is 9.03. The molecule has 0 aromatic heterocycles. The second-order valence-corrected chi connectivity index (χ2v) is 3.48. The van der Waals surface area contributed by atoms with Crippen LogP contribution in [0.4, 0.5) is 5.69 Å². The lowest BCUT2D eigenvalue weighted by atomic mass is 10.1. The van der Waals surface area contributed by atoms with Crippen molar-refractivity contribution in [2.24, 2.45) is 0 Å². The molecule has 0 fully saturated rings. The molecule has 0 saturated carbocycles. The second-order valence-electron chi connectivity index (χ2n) is 3.48. The molecule has 14 heavy (non-hydrogen) atoms. The number of rotatable bonds is 5. The summed E-state index contributed by atoms with van der Waals surface area (Å²) < 4.78 is 0. The highest BCUT2D eigenvalue weighted by atomic mass is 16.3. The van der Waals surface area contributed by atoms with Gasteiger partial charge in [0.05, 0.1) is 0 Å². The van der Waals surface area contributed by atoms with Gasteiger partial charge in [0, 0.05) is 25.9 Å². The van der Waals surface area contributed by atoms with E-state index in [1.807, 2.05) is 0 Å². The molecule has 0 radical (unpaired) electrons. The van der Waals surface area contributed by atoms with Crippen molar-refractivity contribution in [3.63, 3.8) is 0 Å². The molecule has 1 aromatic carbocycles. The first-order valence-electron chi connectivity index (χ1n) is 5.19. The van der Waals surface area contributed by atoms with E-state index in [0.29, 0.717) is 0 Å². The molecule has 0 saturated heterocycles. The van der Waals surface area contributed by atoms with Crippen LogP contribution in [0.25, 0.3) is 0 Å². The van der Waals surface area contributed by atoms with Crippen LogP contribution in [0, 0.1) is 0 Å². The maximum absolute atomic E-state index is 8.76. The Morgan fingerprint density at radius 1 is 1.29 bits per heavy atom. The third-order valence-electron chi connectivity index (χ3n) is 2.44. The van der Waals surface area contributed by atoms with E-state index in [0.717, 1.165) is 19.4 Å². The zero-order valence-corrected chi connectivity index (χ0v) is 9.03. The van der Waals surface area contributed by atoms with E-state index in [4.69, 9.17) is 5.11 Å². The number of benzene rings is 1. The van der Waals surface area contributed by atoms with Gasteiger partial charge >= 0.3 is 0 Å². The molecular formula is C12H19NO. The molecule has 0 heterocycles. The number of aryl methyl sites for hydroxylation is 1. The van der Waals surface area contributed by atoms with Gasteiger partial charge in [-0.3, -0.25) is 0 Å². The Morgan fingerprint density at radius 3 is 2.64 bits per heavy atom. The molecule has 0 bridgehead atoms. The van der Waals surface area contributed by atoms with Gasteiger partial charge in [0.2, 0.25) is 0 Å². The molecule has 1 aromatic rings. The van der Waals surface area contributed by atoms with Crippen molar-refractivity contribution in [1.82, 2.24) is 0 Å². The summed E-state index contributed by atoms with van der Waals surface area (Å²) in [6.07, 6.45) is 1.88. The van der Waals surface area contributed by atoms with Gasteiger partial charge in [0.15, 0.2) is 0 Å². The number of para-hydroxylation sites is 1. The molecular weight excluding hydrogens is 174 g/mol. The van der Waals surface area contributed by atoms with Gasteiger partial charge in [-0.2, -0.15) is 0 Å². The predicted molar refractivity (Wildman–Crippen MR) is 60.8 cm³/mol. The standard InChI is InChI=1S/C12H19NO/c1-3-11-7-4-5-8-12(11)13(2)9-6-10-14/h4-5,7-8,14H,3,6,9-10H2,1-2H3. The molecule has 0 aliphatic carbocycles. The number of nitrogens with zero attached hydrogens (tertiary/aromatic N) is 1. The van der Waals surface area contributed by atoms with Crippen LogP contribution in [0.15, 0.2) is 24.3 Å². The molecule has 2 nitrogen and oxygen atoms in total. The van der Waals surface area contributed by atoms with Crippen LogP contribution < -0.4 is 4.90 Å². The zero-order chi connectivity index (χ0) is 10.4. The van der Waals surface area contributed by atoms with E-state index in [9.17, 15) is 0 Å². The molecule has 0 atom stereocenters. The monoisotopic (exact) mass is 193 g/mol. The average molecular weight is 193 g/mol. The smallest absolute Gasteiger partial charge is 0.0447 e. The third-order valence-corrected chi connectivity index (χ3v) is 2.44. The van der Waals surface area contributed by atoms with Gasteiger partial charge in [-0.05, 0) is 24.5 Å². The summed E-state index contributed by atoms with van der Waals surface area (Å²) >= 11 is 0. The molecule has 0 amide bonds. The Hall–Kier alpha value is -1.02. The molecule has 1 rings (SSSR count). The van der Waals surface area contributed by atoms with E-state index >= 15 is 0 Å². The summed E-state index contributed by atoms with van der Waals surface area (Å²) in [4.78, 5) is 2.20. The minimum Gasteiger partial charge on any atom is -0.396 e. The topological polar surface area (TPSA) is 23.5 Å². The average Bonchev–Trinajstić information content (AvgIpc) is 2.25. The molecule has 0 aliphatic heterocycles. The Balaban J connectivity index is 2.72. The number of aliphatic hydroxyl groups is 1. The third kappa shape index (κ3) is 2.74. The van der Waals surface area contributed by atoms with Gasteiger partial charge in [0.25, 0.3) is 0 Å². The molecule has 78 valence electrons. The van der Waals surface area contributed by atoms with Gasteiger partial charge in [-0.15, -0.1) is 0 Å². The Kier molecular flexibility index (Phi) is 4.47. The summed E-state index contributed by atoms with van der Waals surface area (Å²) in [7, 11) is 2.07. The second kappa shape index (κ2) is 5.66. The molecule has 0 aliphatic rings. The fraction of sp³-hybridized carbons (Fsp3) is 0.500. The van der Waals surface area contributed by atoms with E-state index in [-0.39, 0.29) is 6.61 Å². The van der Waals surface area contributed by atoms with Crippen molar-refractivity contribution in [2.75, 3.05) is 25.1 Å². The predicted octanol–water partition coefficient (Wildman–Crippen LogP) is 2.07. The summed E-state index contributed by atoms with van der Waals surface area (Å²) in [5.74, 6) is 0. The minimum atomic E-state index is 0.263. The normalized spacial score (nSPS) is 10.2. The van der Waals surface area contributed by atoms with Crippen LogP contribution in [0.2, 0.25) is 0 Å².